The third kappa shape index (κ3) is 5.13. The van der Waals surface area contributed by atoms with Crippen molar-refractivity contribution in [1.29, 1.82) is 0 Å². The lowest BCUT2D eigenvalue weighted by Crippen LogP contribution is -2.36. The number of benzene rings is 2. The number of aryl methyl sites for hydroxylation is 1. The van der Waals surface area contributed by atoms with Gasteiger partial charge in [0, 0.05) is 26.1 Å². The predicted octanol–water partition coefficient (Wildman–Crippen LogP) is 4.72. The summed E-state index contributed by atoms with van der Waals surface area (Å²) in [7, 11) is 0. The third-order valence-electron chi connectivity index (χ3n) is 5.17. The molecule has 3 rings (SSSR count). The van der Waals surface area contributed by atoms with Gasteiger partial charge in [0.2, 0.25) is 5.91 Å². The van der Waals surface area contributed by atoms with E-state index in [4.69, 9.17) is 0 Å². The summed E-state index contributed by atoms with van der Waals surface area (Å²) >= 11 is 0. The van der Waals surface area contributed by atoms with E-state index in [-0.39, 0.29) is 11.9 Å². The second kappa shape index (κ2) is 8.78. The van der Waals surface area contributed by atoms with Gasteiger partial charge in [0.25, 0.3) is 0 Å². The highest BCUT2D eigenvalue weighted by atomic mass is 19.4. The van der Waals surface area contributed by atoms with Crippen LogP contribution >= 0.6 is 0 Å². The highest BCUT2D eigenvalue weighted by Gasteiger charge is 2.31. The average molecular weight is 390 g/mol. The van der Waals surface area contributed by atoms with Gasteiger partial charge >= 0.3 is 6.18 Å². The first-order valence-electron chi connectivity index (χ1n) is 9.63. The van der Waals surface area contributed by atoms with Gasteiger partial charge < -0.3 is 10.2 Å². The summed E-state index contributed by atoms with van der Waals surface area (Å²) in [6, 6.07) is 13.2. The minimum absolute atomic E-state index is 0.0612. The molecule has 3 nitrogen and oxygen atoms in total. The minimum Gasteiger partial charge on any atom is -0.341 e. The van der Waals surface area contributed by atoms with Crippen LogP contribution in [0.3, 0.4) is 0 Å². The van der Waals surface area contributed by atoms with Gasteiger partial charge in [-0.25, -0.2) is 0 Å². The number of amides is 1. The van der Waals surface area contributed by atoms with Crippen LogP contribution < -0.4 is 5.32 Å². The lowest BCUT2D eigenvalue weighted by atomic mass is 10.0. The molecule has 0 spiro atoms. The molecule has 2 aromatic rings. The maximum atomic E-state index is 13.1. The van der Waals surface area contributed by atoms with Crippen molar-refractivity contribution in [3.05, 3.63) is 70.8 Å². The summed E-state index contributed by atoms with van der Waals surface area (Å²) in [5, 5.41) is 3.35. The van der Waals surface area contributed by atoms with E-state index in [9.17, 15) is 18.0 Å². The molecule has 1 aliphatic rings. The molecular formula is C22H25F3N2O. The molecule has 0 aromatic heterocycles. The number of hydrogen-bond acceptors (Lipinski definition) is 2. The van der Waals surface area contributed by atoms with Gasteiger partial charge in [-0.05, 0) is 41.7 Å². The van der Waals surface area contributed by atoms with E-state index in [0.717, 1.165) is 24.5 Å². The van der Waals surface area contributed by atoms with Gasteiger partial charge in [-0.3, -0.25) is 4.79 Å². The van der Waals surface area contributed by atoms with E-state index in [0.29, 0.717) is 31.6 Å². The van der Waals surface area contributed by atoms with Gasteiger partial charge in [0.15, 0.2) is 0 Å². The Hall–Kier alpha value is -2.34. The van der Waals surface area contributed by atoms with Crippen molar-refractivity contribution < 1.29 is 18.0 Å². The summed E-state index contributed by atoms with van der Waals surface area (Å²) in [6.45, 7) is 3.63. The molecule has 6 heteroatoms. The van der Waals surface area contributed by atoms with Crippen LogP contribution in [0.25, 0.3) is 0 Å². The van der Waals surface area contributed by atoms with Crippen molar-refractivity contribution in [2.45, 2.75) is 44.9 Å². The molecular weight excluding hydrogens is 365 g/mol. The zero-order chi connectivity index (χ0) is 20.1. The molecule has 0 radical (unpaired) electrons. The highest BCUT2D eigenvalue weighted by molar-refractivity contribution is 5.78. The normalized spacial score (nSPS) is 15.9. The first-order valence-corrected chi connectivity index (χ1v) is 9.63. The van der Waals surface area contributed by atoms with Crippen LogP contribution in [0.5, 0.6) is 0 Å². The lowest BCUT2D eigenvalue weighted by molar-refractivity contribution is -0.137. The van der Waals surface area contributed by atoms with Crippen LogP contribution in [-0.2, 0) is 23.9 Å². The molecule has 1 unspecified atom stereocenters. The molecule has 0 aliphatic carbocycles. The van der Waals surface area contributed by atoms with Gasteiger partial charge in [-0.2, -0.15) is 13.2 Å². The van der Waals surface area contributed by atoms with Crippen LogP contribution in [0.1, 0.15) is 48.1 Å². The second-order valence-electron chi connectivity index (χ2n) is 7.17. The molecule has 0 bridgehead atoms. The number of nitrogens with one attached hydrogen (secondary N) is 1. The van der Waals surface area contributed by atoms with E-state index in [1.807, 2.05) is 12.1 Å². The van der Waals surface area contributed by atoms with E-state index >= 15 is 0 Å². The van der Waals surface area contributed by atoms with Crippen LogP contribution in [0.15, 0.2) is 48.5 Å². The van der Waals surface area contributed by atoms with Gasteiger partial charge in [0.1, 0.15) is 0 Å². The number of hydrogen-bond donors (Lipinski definition) is 1. The van der Waals surface area contributed by atoms with Gasteiger partial charge in [-0.15, -0.1) is 0 Å². The molecule has 1 saturated heterocycles. The Labute approximate surface area is 163 Å². The Bertz CT molecular complexity index is 802. The SMILES string of the molecule is CCc1ccc(CNC(CN2CCCC2=O)c2cccc(C(F)(F)F)c2)cc1. The fourth-order valence-corrected chi connectivity index (χ4v) is 3.47. The molecule has 1 heterocycles. The van der Waals surface area contributed by atoms with Crippen LogP contribution in [0.4, 0.5) is 13.2 Å². The number of carbonyl (C=O) groups is 1. The summed E-state index contributed by atoms with van der Waals surface area (Å²) in [6.07, 6.45) is -2.13. The van der Waals surface area contributed by atoms with Crippen molar-refractivity contribution in [3.8, 4) is 0 Å². The quantitative estimate of drug-likeness (QED) is 0.742. The van der Waals surface area contributed by atoms with Crippen molar-refractivity contribution >= 4 is 5.91 Å². The summed E-state index contributed by atoms with van der Waals surface area (Å²) in [4.78, 5) is 13.8. The lowest BCUT2D eigenvalue weighted by Gasteiger charge is -2.26. The highest BCUT2D eigenvalue weighted by Crippen LogP contribution is 2.31. The van der Waals surface area contributed by atoms with Crippen molar-refractivity contribution in [2.75, 3.05) is 13.1 Å². The Kier molecular flexibility index (Phi) is 6.39. The molecule has 1 aliphatic heterocycles. The Morgan fingerprint density at radius 3 is 2.43 bits per heavy atom. The Morgan fingerprint density at radius 1 is 1.11 bits per heavy atom. The topological polar surface area (TPSA) is 32.3 Å². The molecule has 150 valence electrons. The zero-order valence-corrected chi connectivity index (χ0v) is 15.9. The minimum atomic E-state index is -4.39. The number of nitrogens with zero attached hydrogens (tertiary/aromatic N) is 1. The van der Waals surface area contributed by atoms with Crippen LogP contribution in [-0.4, -0.2) is 23.9 Å². The monoisotopic (exact) mass is 390 g/mol. The number of likely N-dealkylation sites (tertiary alicyclic amines) is 1. The first-order chi connectivity index (χ1) is 13.4. The van der Waals surface area contributed by atoms with E-state index in [1.54, 1.807) is 11.0 Å². The molecule has 1 fully saturated rings. The summed E-state index contributed by atoms with van der Waals surface area (Å²) in [5.41, 5.74) is 2.17. The van der Waals surface area contributed by atoms with Gasteiger partial charge in [0.05, 0.1) is 11.6 Å². The molecule has 1 N–H and O–H groups in total. The zero-order valence-electron chi connectivity index (χ0n) is 15.9. The van der Waals surface area contributed by atoms with Crippen LogP contribution in [0, 0.1) is 0 Å². The van der Waals surface area contributed by atoms with Crippen molar-refractivity contribution in [3.63, 3.8) is 0 Å². The maximum Gasteiger partial charge on any atom is 0.416 e. The Balaban J connectivity index is 1.79. The summed E-state index contributed by atoms with van der Waals surface area (Å²) < 4.78 is 39.4. The smallest absolute Gasteiger partial charge is 0.341 e. The van der Waals surface area contributed by atoms with E-state index in [2.05, 4.69) is 24.4 Å². The van der Waals surface area contributed by atoms with Gasteiger partial charge in [-0.1, -0.05) is 43.3 Å². The fraction of sp³-hybridized carbons (Fsp3) is 0.409. The molecule has 2 aromatic carbocycles. The molecule has 0 saturated carbocycles. The molecule has 1 atom stereocenters. The average Bonchev–Trinajstić information content (AvgIpc) is 3.09. The number of rotatable bonds is 7. The predicted molar refractivity (Wildman–Crippen MR) is 103 cm³/mol. The van der Waals surface area contributed by atoms with E-state index < -0.39 is 11.7 Å². The number of alkyl halides is 3. The van der Waals surface area contributed by atoms with Crippen molar-refractivity contribution in [2.24, 2.45) is 0 Å². The van der Waals surface area contributed by atoms with Crippen LogP contribution in [0.2, 0.25) is 0 Å². The Morgan fingerprint density at radius 2 is 1.82 bits per heavy atom. The molecule has 28 heavy (non-hydrogen) atoms. The van der Waals surface area contributed by atoms with Crippen molar-refractivity contribution in [1.82, 2.24) is 10.2 Å². The summed E-state index contributed by atoms with van der Waals surface area (Å²) in [5.74, 6) is 0.0612. The first kappa shape index (κ1) is 20.4. The standard InChI is InChI=1S/C22H25F3N2O/c1-2-16-8-10-17(11-9-16)14-26-20(15-27-12-4-7-21(27)28)18-5-3-6-19(13-18)22(23,24)25/h3,5-6,8-11,13,20,26H,2,4,7,12,14-15H2,1H3. The maximum absolute atomic E-state index is 13.1. The fourth-order valence-electron chi connectivity index (χ4n) is 3.47. The number of carbonyl (C=O) groups excluding carboxylic acids is 1. The largest absolute Gasteiger partial charge is 0.416 e. The number of halogens is 3. The molecule has 1 amide bonds. The second-order valence-corrected chi connectivity index (χ2v) is 7.17. The third-order valence-corrected chi connectivity index (χ3v) is 5.17. The van der Waals surface area contributed by atoms with E-state index in [1.165, 1.54) is 17.7 Å².